The third-order valence-corrected chi connectivity index (χ3v) is 2.02. The maximum atomic E-state index is 11.2. The van der Waals surface area contributed by atoms with Gasteiger partial charge in [0.25, 0.3) is 0 Å². The zero-order valence-electron chi connectivity index (χ0n) is 9.34. The molecule has 0 aromatic carbocycles. The molecule has 0 heterocycles. The van der Waals surface area contributed by atoms with E-state index in [2.05, 4.69) is 10.6 Å². The van der Waals surface area contributed by atoms with Crippen molar-refractivity contribution in [2.45, 2.75) is 32.2 Å². The molecule has 0 fully saturated rings. The molecule has 5 nitrogen and oxygen atoms in total. The van der Waals surface area contributed by atoms with Crippen molar-refractivity contribution in [1.82, 2.24) is 10.6 Å². The van der Waals surface area contributed by atoms with E-state index in [1.807, 2.05) is 19.9 Å². The number of amides is 1. The number of aliphatic hydroxyl groups is 1. The lowest BCUT2D eigenvalue weighted by Gasteiger charge is -2.24. The molecular weight excluding hydrogens is 194 g/mol. The summed E-state index contributed by atoms with van der Waals surface area (Å²) in [6.07, 6.45) is 0.921. The number of hydrogen-bond acceptors (Lipinski definition) is 4. The van der Waals surface area contributed by atoms with Crippen LogP contribution in [0.5, 0.6) is 0 Å². The Hall–Kier alpha value is -1.12. The minimum atomic E-state index is -0.249. The Morgan fingerprint density at radius 1 is 1.53 bits per heavy atom. The molecule has 0 spiro atoms. The van der Waals surface area contributed by atoms with E-state index in [1.54, 1.807) is 0 Å². The van der Waals surface area contributed by atoms with Gasteiger partial charge in [-0.25, -0.2) is 0 Å². The van der Waals surface area contributed by atoms with E-state index < -0.39 is 0 Å². The number of aliphatic hydroxyl groups excluding tert-OH is 1. The number of carbonyl (C=O) groups excluding carboxylic acids is 1. The largest absolute Gasteiger partial charge is 0.396 e. The molecule has 0 aliphatic rings. The van der Waals surface area contributed by atoms with Gasteiger partial charge in [-0.05, 0) is 20.3 Å². The lowest BCUT2D eigenvalue weighted by atomic mass is 10.0. The van der Waals surface area contributed by atoms with Crippen LogP contribution >= 0.6 is 0 Å². The van der Waals surface area contributed by atoms with Crippen molar-refractivity contribution >= 4 is 5.91 Å². The van der Waals surface area contributed by atoms with Crippen LogP contribution < -0.4 is 10.6 Å². The Morgan fingerprint density at radius 3 is 2.73 bits per heavy atom. The summed E-state index contributed by atoms with van der Waals surface area (Å²) in [5.74, 6) is -0.128. The Morgan fingerprint density at radius 2 is 2.20 bits per heavy atom. The number of rotatable bonds is 7. The van der Waals surface area contributed by atoms with Gasteiger partial charge in [0.2, 0.25) is 5.91 Å². The molecule has 0 rings (SSSR count). The quantitative estimate of drug-likeness (QED) is 0.510. The average molecular weight is 213 g/mol. The van der Waals surface area contributed by atoms with E-state index in [4.69, 9.17) is 10.4 Å². The summed E-state index contributed by atoms with van der Waals surface area (Å²) in [5.41, 5.74) is -0.249. The van der Waals surface area contributed by atoms with Crippen LogP contribution in [0.2, 0.25) is 0 Å². The Labute approximate surface area is 90.5 Å². The lowest BCUT2D eigenvalue weighted by Crippen LogP contribution is -2.45. The van der Waals surface area contributed by atoms with Gasteiger partial charge in [-0.15, -0.1) is 0 Å². The molecule has 0 radical (unpaired) electrons. The van der Waals surface area contributed by atoms with Crippen LogP contribution in [0.4, 0.5) is 0 Å². The smallest absolute Gasteiger partial charge is 0.234 e. The van der Waals surface area contributed by atoms with Crippen molar-refractivity contribution in [3.05, 3.63) is 0 Å². The first kappa shape index (κ1) is 13.9. The summed E-state index contributed by atoms with van der Waals surface area (Å²) in [7, 11) is 0. The summed E-state index contributed by atoms with van der Waals surface area (Å²) < 4.78 is 0. The highest BCUT2D eigenvalue weighted by molar-refractivity contribution is 5.78. The lowest BCUT2D eigenvalue weighted by molar-refractivity contribution is -0.120. The van der Waals surface area contributed by atoms with E-state index in [1.165, 1.54) is 0 Å². The van der Waals surface area contributed by atoms with E-state index in [0.29, 0.717) is 19.4 Å². The normalized spacial score (nSPS) is 10.8. The Bertz CT molecular complexity index is 233. The molecule has 0 saturated carbocycles. The third-order valence-electron chi connectivity index (χ3n) is 2.02. The Kier molecular flexibility index (Phi) is 6.67. The number of nitrogens with zero attached hydrogens (tertiary/aromatic N) is 1. The average Bonchev–Trinajstić information content (AvgIpc) is 2.15. The zero-order valence-corrected chi connectivity index (χ0v) is 9.34. The molecule has 1 amide bonds. The molecule has 0 aromatic heterocycles. The van der Waals surface area contributed by atoms with E-state index in [0.717, 1.165) is 0 Å². The first-order valence-electron chi connectivity index (χ1n) is 5.01. The summed E-state index contributed by atoms with van der Waals surface area (Å²) in [5, 5.41) is 22.7. The van der Waals surface area contributed by atoms with Crippen molar-refractivity contribution in [3.8, 4) is 6.07 Å². The zero-order chi connectivity index (χ0) is 11.7. The highest BCUT2D eigenvalue weighted by Gasteiger charge is 2.16. The van der Waals surface area contributed by atoms with Crippen molar-refractivity contribution in [1.29, 1.82) is 5.26 Å². The predicted octanol–water partition coefficient (Wildman–Crippen LogP) is -0.233. The molecule has 0 unspecified atom stereocenters. The van der Waals surface area contributed by atoms with Crippen LogP contribution in [0.3, 0.4) is 0 Å². The molecule has 0 aliphatic heterocycles. The number of nitrogens with one attached hydrogen (secondary N) is 2. The van der Waals surface area contributed by atoms with Crippen LogP contribution in [-0.2, 0) is 4.79 Å². The molecule has 15 heavy (non-hydrogen) atoms. The standard InChI is InChI=1S/C10H19N3O2/c1-10(2,4-7-14)13-8-9(15)12-6-3-5-11/h13-14H,3-4,6-8H2,1-2H3,(H,12,15). The Balaban J connectivity index is 3.66. The topological polar surface area (TPSA) is 85.2 Å². The SMILES string of the molecule is CC(C)(CCO)NCC(=O)NCCC#N. The second-order valence-electron chi connectivity index (χ2n) is 3.97. The first-order valence-corrected chi connectivity index (χ1v) is 5.01. The fourth-order valence-corrected chi connectivity index (χ4v) is 1.01. The fourth-order valence-electron chi connectivity index (χ4n) is 1.01. The van der Waals surface area contributed by atoms with Crippen molar-refractivity contribution in [3.63, 3.8) is 0 Å². The van der Waals surface area contributed by atoms with Crippen LogP contribution in [-0.4, -0.2) is 36.2 Å². The molecule has 0 aromatic rings. The maximum Gasteiger partial charge on any atom is 0.234 e. The van der Waals surface area contributed by atoms with Crippen LogP contribution in [0.1, 0.15) is 26.7 Å². The van der Waals surface area contributed by atoms with Gasteiger partial charge in [0, 0.05) is 18.7 Å². The van der Waals surface area contributed by atoms with Gasteiger partial charge < -0.3 is 15.7 Å². The molecule has 0 saturated heterocycles. The first-order chi connectivity index (χ1) is 7.02. The second-order valence-corrected chi connectivity index (χ2v) is 3.97. The van der Waals surface area contributed by atoms with Crippen LogP contribution in [0.15, 0.2) is 0 Å². The van der Waals surface area contributed by atoms with Gasteiger partial charge in [-0.1, -0.05) is 0 Å². The van der Waals surface area contributed by atoms with Crippen molar-refractivity contribution in [2.75, 3.05) is 19.7 Å². The maximum absolute atomic E-state index is 11.2. The summed E-state index contributed by atoms with van der Waals surface area (Å²) in [4.78, 5) is 11.2. The predicted molar refractivity (Wildman–Crippen MR) is 57.0 cm³/mol. The molecule has 86 valence electrons. The van der Waals surface area contributed by atoms with Gasteiger partial charge in [0.1, 0.15) is 0 Å². The number of nitriles is 1. The number of carbonyl (C=O) groups is 1. The van der Waals surface area contributed by atoms with Gasteiger partial charge in [-0.3, -0.25) is 4.79 Å². The van der Waals surface area contributed by atoms with E-state index in [-0.39, 0.29) is 24.6 Å². The summed E-state index contributed by atoms with van der Waals surface area (Å²) in [6.45, 7) is 4.53. The van der Waals surface area contributed by atoms with Crippen molar-refractivity contribution in [2.24, 2.45) is 0 Å². The van der Waals surface area contributed by atoms with Gasteiger partial charge in [-0.2, -0.15) is 5.26 Å². The van der Waals surface area contributed by atoms with Crippen LogP contribution in [0.25, 0.3) is 0 Å². The summed E-state index contributed by atoms with van der Waals surface area (Å²) in [6, 6.07) is 1.95. The van der Waals surface area contributed by atoms with Crippen molar-refractivity contribution < 1.29 is 9.90 Å². The monoisotopic (exact) mass is 213 g/mol. The summed E-state index contributed by atoms with van der Waals surface area (Å²) >= 11 is 0. The molecule has 5 heteroatoms. The third kappa shape index (κ3) is 7.91. The minimum absolute atomic E-state index is 0.0933. The minimum Gasteiger partial charge on any atom is -0.396 e. The number of hydrogen-bond donors (Lipinski definition) is 3. The molecule has 3 N–H and O–H groups in total. The van der Waals surface area contributed by atoms with Gasteiger partial charge >= 0.3 is 0 Å². The van der Waals surface area contributed by atoms with Crippen LogP contribution in [0, 0.1) is 11.3 Å². The highest BCUT2D eigenvalue weighted by atomic mass is 16.3. The highest BCUT2D eigenvalue weighted by Crippen LogP contribution is 2.05. The van der Waals surface area contributed by atoms with Gasteiger partial charge in [0.05, 0.1) is 19.0 Å². The molecule has 0 atom stereocenters. The van der Waals surface area contributed by atoms with E-state index >= 15 is 0 Å². The molecule has 0 aliphatic carbocycles. The van der Waals surface area contributed by atoms with E-state index in [9.17, 15) is 4.79 Å². The van der Waals surface area contributed by atoms with Gasteiger partial charge in [0.15, 0.2) is 0 Å². The molecule has 0 bridgehead atoms. The molecular formula is C10H19N3O2. The second kappa shape index (κ2) is 7.21. The fraction of sp³-hybridized carbons (Fsp3) is 0.800.